The van der Waals surface area contributed by atoms with Gasteiger partial charge in [-0.1, -0.05) is 0 Å². The van der Waals surface area contributed by atoms with Crippen molar-refractivity contribution in [3.8, 4) is 0 Å². The van der Waals surface area contributed by atoms with E-state index in [1.807, 2.05) is 0 Å². The number of hydrogen-bond acceptors (Lipinski definition) is 2. The fourth-order valence-electron chi connectivity index (χ4n) is 0.884. The number of rotatable bonds is 2. The minimum absolute atomic E-state index is 0.0570. The van der Waals surface area contributed by atoms with Crippen LogP contribution in [0.3, 0.4) is 0 Å². The maximum Gasteiger partial charge on any atom is 0.266 e. The Kier molecular flexibility index (Phi) is 3.44. The van der Waals surface area contributed by atoms with Gasteiger partial charge in [0.05, 0.1) is 33.5 Å². The quantitative estimate of drug-likeness (QED) is 0.840. The summed E-state index contributed by atoms with van der Waals surface area (Å²) in [6.07, 6.45) is -1.33. The number of nitrogen functional groups attached to an aromatic ring is 1. The smallest absolute Gasteiger partial charge is 0.266 e. The molecule has 13 heavy (non-hydrogen) atoms. The number of hydrogen-bond donors (Lipinski definition) is 1. The molecular weight excluding hydrogens is 265 g/mol. The maximum absolute atomic E-state index is 12.5. The highest BCUT2D eigenvalue weighted by molar-refractivity contribution is 9.10. The fraction of sp³-hybridized carbons (Fsp3) is 0.286. The third kappa shape index (κ3) is 2.08. The first kappa shape index (κ1) is 10.7. The molecular formula is C7H6BrClF2N2. The van der Waals surface area contributed by atoms with Gasteiger partial charge in [0, 0.05) is 0 Å². The van der Waals surface area contributed by atoms with Crippen LogP contribution in [0.4, 0.5) is 14.5 Å². The summed E-state index contributed by atoms with van der Waals surface area (Å²) in [5.74, 6) is -0.0570. The number of alkyl halides is 3. The van der Waals surface area contributed by atoms with Crippen molar-refractivity contribution in [3.05, 3.63) is 21.9 Å². The molecule has 0 saturated heterocycles. The minimum Gasteiger partial charge on any atom is -0.397 e. The minimum atomic E-state index is -2.63. The van der Waals surface area contributed by atoms with Crippen molar-refractivity contribution in [1.82, 2.24) is 4.98 Å². The molecule has 1 aromatic rings. The van der Waals surface area contributed by atoms with E-state index in [2.05, 4.69) is 20.9 Å². The standard InChI is InChI=1S/C7H6BrClF2N2/c8-6-3(12)2-13-4(1-9)5(6)7(10)11/h2,7H,1,12H2. The second-order valence-electron chi connectivity index (χ2n) is 2.32. The van der Waals surface area contributed by atoms with Gasteiger partial charge in [0.1, 0.15) is 0 Å². The summed E-state index contributed by atoms with van der Waals surface area (Å²) in [4.78, 5) is 3.71. The fourth-order valence-corrected chi connectivity index (χ4v) is 1.60. The first-order chi connectivity index (χ1) is 6.07. The van der Waals surface area contributed by atoms with Crippen molar-refractivity contribution < 1.29 is 8.78 Å². The average Bonchev–Trinajstić information content (AvgIpc) is 2.08. The Morgan fingerprint density at radius 2 is 2.23 bits per heavy atom. The van der Waals surface area contributed by atoms with Crippen LogP contribution in [0.1, 0.15) is 17.7 Å². The van der Waals surface area contributed by atoms with Crippen LogP contribution in [0.2, 0.25) is 0 Å². The van der Waals surface area contributed by atoms with Crippen LogP contribution < -0.4 is 5.73 Å². The van der Waals surface area contributed by atoms with E-state index in [-0.39, 0.29) is 27.3 Å². The molecule has 0 fully saturated rings. The van der Waals surface area contributed by atoms with Crippen LogP contribution in [-0.2, 0) is 5.88 Å². The zero-order valence-electron chi connectivity index (χ0n) is 6.40. The third-order valence-electron chi connectivity index (χ3n) is 1.51. The number of nitrogens with zero attached hydrogens (tertiary/aromatic N) is 1. The highest BCUT2D eigenvalue weighted by Crippen LogP contribution is 2.33. The summed E-state index contributed by atoms with van der Waals surface area (Å²) >= 11 is 8.41. The Morgan fingerprint density at radius 1 is 1.62 bits per heavy atom. The predicted molar refractivity (Wildman–Crippen MR) is 50.9 cm³/mol. The second kappa shape index (κ2) is 4.19. The normalized spacial score (nSPS) is 10.8. The van der Waals surface area contributed by atoms with E-state index < -0.39 is 6.43 Å². The lowest BCUT2D eigenvalue weighted by Crippen LogP contribution is -2.01. The molecule has 6 heteroatoms. The van der Waals surface area contributed by atoms with Crippen molar-refractivity contribution in [2.24, 2.45) is 0 Å². The van der Waals surface area contributed by atoms with Crippen LogP contribution in [0, 0.1) is 0 Å². The molecule has 0 spiro atoms. The predicted octanol–water partition coefficient (Wildman–Crippen LogP) is 3.10. The number of anilines is 1. The van der Waals surface area contributed by atoms with E-state index in [9.17, 15) is 8.78 Å². The maximum atomic E-state index is 12.5. The topological polar surface area (TPSA) is 38.9 Å². The van der Waals surface area contributed by atoms with Crippen LogP contribution in [0.5, 0.6) is 0 Å². The van der Waals surface area contributed by atoms with E-state index >= 15 is 0 Å². The van der Waals surface area contributed by atoms with E-state index in [1.54, 1.807) is 0 Å². The van der Waals surface area contributed by atoms with Gasteiger partial charge in [-0.05, 0) is 15.9 Å². The van der Waals surface area contributed by atoms with Gasteiger partial charge in [-0.3, -0.25) is 4.98 Å². The van der Waals surface area contributed by atoms with Crippen molar-refractivity contribution in [1.29, 1.82) is 0 Å². The lowest BCUT2D eigenvalue weighted by molar-refractivity contribution is 0.149. The Labute approximate surface area is 87.2 Å². The molecule has 1 heterocycles. The highest BCUT2D eigenvalue weighted by atomic mass is 79.9. The summed E-state index contributed by atoms with van der Waals surface area (Å²) < 4.78 is 25.1. The van der Waals surface area contributed by atoms with E-state index in [4.69, 9.17) is 17.3 Å². The van der Waals surface area contributed by atoms with Crippen LogP contribution in [0.25, 0.3) is 0 Å². The molecule has 2 N–H and O–H groups in total. The highest BCUT2D eigenvalue weighted by Gasteiger charge is 2.19. The van der Waals surface area contributed by atoms with Crippen molar-refractivity contribution >= 4 is 33.2 Å². The monoisotopic (exact) mass is 270 g/mol. The lowest BCUT2D eigenvalue weighted by atomic mass is 10.2. The largest absolute Gasteiger partial charge is 0.397 e. The molecule has 1 rings (SSSR count). The van der Waals surface area contributed by atoms with Gasteiger partial charge in [0.2, 0.25) is 0 Å². The lowest BCUT2D eigenvalue weighted by Gasteiger charge is -2.09. The number of aromatic nitrogens is 1. The summed E-state index contributed by atoms with van der Waals surface area (Å²) in [5.41, 5.74) is 5.50. The van der Waals surface area contributed by atoms with Gasteiger partial charge in [-0.2, -0.15) is 0 Å². The third-order valence-corrected chi connectivity index (χ3v) is 2.64. The SMILES string of the molecule is Nc1cnc(CCl)c(C(F)F)c1Br. The summed E-state index contributed by atoms with van der Waals surface area (Å²) in [6, 6.07) is 0. The molecule has 0 aliphatic heterocycles. The van der Waals surface area contributed by atoms with Gasteiger partial charge < -0.3 is 5.73 Å². The molecule has 0 unspecified atom stereocenters. The number of halogens is 4. The molecule has 2 nitrogen and oxygen atoms in total. The van der Waals surface area contributed by atoms with Crippen LogP contribution in [-0.4, -0.2) is 4.98 Å². The second-order valence-corrected chi connectivity index (χ2v) is 3.38. The van der Waals surface area contributed by atoms with Gasteiger partial charge >= 0.3 is 0 Å². The molecule has 0 aliphatic rings. The molecule has 0 aliphatic carbocycles. The Balaban J connectivity index is 3.32. The molecule has 0 radical (unpaired) electrons. The van der Waals surface area contributed by atoms with E-state index in [0.717, 1.165) is 0 Å². The first-order valence-corrected chi connectivity index (χ1v) is 4.67. The van der Waals surface area contributed by atoms with Crippen LogP contribution in [0.15, 0.2) is 10.7 Å². The van der Waals surface area contributed by atoms with Crippen molar-refractivity contribution in [2.45, 2.75) is 12.3 Å². The van der Waals surface area contributed by atoms with Gasteiger partial charge in [-0.25, -0.2) is 8.78 Å². The molecule has 0 atom stereocenters. The van der Waals surface area contributed by atoms with Gasteiger partial charge in [0.15, 0.2) is 0 Å². The molecule has 0 amide bonds. The summed E-state index contributed by atoms with van der Waals surface area (Å²) in [5, 5.41) is 0. The van der Waals surface area contributed by atoms with Crippen molar-refractivity contribution in [3.63, 3.8) is 0 Å². The molecule has 0 saturated carbocycles. The molecule has 0 aromatic carbocycles. The average molecular weight is 271 g/mol. The Hall–Kier alpha value is -0.420. The van der Waals surface area contributed by atoms with E-state index in [0.29, 0.717) is 0 Å². The number of nitrogens with two attached hydrogens (primary N) is 1. The first-order valence-electron chi connectivity index (χ1n) is 3.34. The Morgan fingerprint density at radius 3 is 2.69 bits per heavy atom. The molecule has 72 valence electrons. The zero-order valence-corrected chi connectivity index (χ0v) is 8.74. The number of pyridine rings is 1. The van der Waals surface area contributed by atoms with Gasteiger partial charge in [-0.15, -0.1) is 11.6 Å². The summed E-state index contributed by atoms with van der Waals surface area (Å²) in [7, 11) is 0. The van der Waals surface area contributed by atoms with Crippen molar-refractivity contribution in [2.75, 3.05) is 5.73 Å². The van der Waals surface area contributed by atoms with E-state index in [1.165, 1.54) is 6.20 Å². The summed E-state index contributed by atoms with van der Waals surface area (Å²) in [6.45, 7) is 0. The Bertz CT molecular complexity index is 320. The molecule has 1 aromatic heterocycles. The van der Waals surface area contributed by atoms with Crippen LogP contribution >= 0.6 is 27.5 Å². The van der Waals surface area contributed by atoms with Gasteiger partial charge in [0.25, 0.3) is 6.43 Å². The molecule has 0 bridgehead atoms. The zero-order chi connectivity index (χ0) is 10.0.